The molecule has 0 spiro atoms. The standard InChI is InChI=1S/C110H210N8O19/c1-5-9-13-17-21-25-29-33-35-37-39-41-43-45-47-49-51-53-57-61-65-69-73-77-99(121)111-93(101(123)95(119)75-71-67-63-59-55-31-27-23-19-15-11-7-3)89-134-109-107(129)105(127)103(125)97(136-109)85-117-83-91(113-115-117)87-132-81-79-131-80-82-133-88-92-84-118(116-114-92)86-98-104(126)106(128)108(130)110(137-98)135-90-94(102(124)96(120)76-72-68-64-60-56-32-28-24-20-16-12-8-4)112-100(122)78-74-70-66-62-58-54-52-50-48-46-44-42-40-38-36-34-30-26-22-18-14-10-6-2/h83-84,93-98,101-110,119-120,123-130H,5-82,85-90H2,1-4H3,(H,111,121)(H,112,122)/t93-,94-,95+,96+,97+,98+,101-,102-,103-,104-,105-,106-,107+,108+,109-,110-/m0/s1. The number of hydrogen-bond donors (Lipinski definition) is 12. The number of rotatable bonds is 100. The van der Waals surface area contributed by atoms with Crippen LogP contribution in [0.4, 0.5) is 0 Å². The van der Waals surface area contributed by atoms with E-state index < -0.39 is 97.9 Å². The molecule has 0 aromatic carbocycles. The maximum Gasteiger partial charge on any atom is 0.220 e. The maximum atomic E-state index is 13.6. The molecule has 27 nitrogen and oxygen atoms in total. The van der Waals surface area contributed by atoms with Crippen LogP contribution in [0.1, 0.15) is 514 Å². The summed E-state index contributed by atoms with van der Waals surface area (Å²) in [4.78, 5) is 27.1. The number of nitrogens with zero attached hydrogens (tertiary/aromatic N) is 6. The van der Waals surface area contributed by atoms with Crippen LogP contribution in [0.3, 0.4) is 0 Å². The first kappa shape index (κ1) is 126. The van der Waals surface area contributed by atoms with Gasteiger partial charge in [0.1, 0.15) is 72.4 Å². The monoisotopic (exact) mass is 1950 g/mol. The number of carbonyl (C=O) groups is 2. The van der Waals surface area contributed by atoms with E-state index in [1.807, 2.05) is 0 Å². The Morgan fingerprint density at radius 3 is 0.766 bits per heavy atom. The lowest BCUT2D eigenvalue weighted by molar-refractivity contribution is -0.301. The molecule has 2 aromatic heterocycles. The molecule has 137 heavy (non-hydrogen) atoms. The number of ether oxygens (including phenoxy) is 7. The molecular formula is C110H210N8O19. The highest BCUT2D eigenvalue weighted by molar-refractivity contribution is 5.76. The van der Waals surface area contributed by atoms with Crippen LogP contribution in [0, 0.1) is 0 Å². The second-order valence-electron chi connectivity index (χ2n) is 41.2. The molecule has 4 heterocycles. The summed E-state index contributed by atoms with van der Waals surface area (Å²) in [6, 6.07) is -2.13. The Morgan fingerprint density at radius 1 is 0.307 bits per heavy atom. The molecule has 12 N–H and O–H groups in total. The summed E-state index contributed by atoms with van der Waals surface area (Å²) < 4.78 is 44.5. The van der Waals surface area contributed by atoms with Crippen LogP contribution in [-0.2, 0) is 69.1 Å². The van der Waals surface area contributed by atoms with Gasteiger partial charge in [-0.1, -0.05) is 475 Å². The zero-order valence-corrected chi connectivity index (χ0v) is 87.6. The van der Waals surface area contributed by atoms with Crippen molar-refractivity contribution in [1.29, 1.82) is 0 Å². The lowest BCUT2D eigenvalue weighted by atomic mass is 9.98. The van der Waals surface area contributed by atoms with Gasteiger partial charge in [0.05, 0.1) is 103 Å². The predicted molar refractivity (Wildman–Crippen MR) is 548 cm³/mol. The molecule has 2 amide bonds. The SMILES string of the molecule is CCCCCCCCCCCCCCCCCCCCCCCCCC(=O)N[C@@H](CO[C@H]1O[C@H](Cn2cc(COCCOCCOCc3cn(C[C@H]4O[C@H](OC[C@H](NC(=O)CCCCCCCCCCCCCCCCCCCCCCCCC)[C@H](O)[C@H](O)CCCCCCCCCCCCCC)[C@H](O)[C@@H](O)[C@H]4O)nn3)nn2)[C@H](O)[C@H](O)[C@H]1O)[C@H](O)[C@H](O)CCCCCCCCCCCCCC. The number of aromatic nitrogens is 6. The minimum absolute atomic E-state index is 0.0711. The van der Waals surface area contributed by atoms with Crippen LogP contribution >= 0.6 is 0 Å². The van der Waals surface area contributed by atoms with Crippen molar-refractivity contribution in [1.82, 2.24) is 40.6 Å². The predicted octanol–water partition coefficient (Wildman–Crippen LogP) is 21.6. The number of aliphatic hydroxyl groups excluding tert-OH is 10. The Bertz CT molecular complexity index is 2790. The average molecular weight is 1950 g/mol. The van der Waals surface area contributed by atoms with E-state index >= 15 is 0 Å². The summed E-state index contributed by atoms with van der Waals surface area (Å²) in [6.45, 7) is 9.13. The average Bonchev–Trinajstić information content (AvgIpc) is 1.80. The number of aliphatic hydroxyl groups is 10. The Labute approximate surface area is 832 Å². The van der Waals surface area contributed by atoms with Crippen molar-refractivity contribution in [2.75, 3.05) is 39.6 Å². The second kappa shape index (κ2) is 87.9. The molecule has 4 rings (SSSR count). The summed E-state index contributed by atoms with van der Waals surface area (Å²) in [5.41, 5.74) is 0.920. The van der Waals surface area contributed by atoms with Crippen molar-refractivity contribution in [2.24, 2.45) is 0 Å². The molecule has 2 aromatic rings. The third-order valence-corrected chi connectivity index (χ3v) is 28.4. The minimum atomic E-state index is -1.69. The lowest BCUT2D eigenvalue weighted by Gasteiger charge is -2.40. The van der Waals surface area contributed by atoms with Gasteiger partial charge in [0.15, 0.2) is 12.6 Å². The highest BCUT2D eigenvalue weighted by atomic mass is 16.7. The van der Waals surface area contributed by atoms with Gasteiger partial charge >= 0.3 is 0 Å². The van der Waals surface area contributed by atoms with E-state index in [4.69, 9.17) is 33.2 Å². The molecule has 27 heteroatoms. The Hall–Kier alpha value is -3.46. The van der Waals surface area contributed by atoms with Crippen LogP contribution < -0.4 is 10.6 Å². The van der Waals surface area contributed by atoms with Gasteiger partial charge in [-0.25, -0.2) is 9.36 Å². The molecule has 804 valence electrons. The normalized spacial score (nSPS) is 20.0. The van der Waals surface area contributed by atoms with Crippen LogP contribution in [0.15, 0.2) is 12.4 Å². The zero-order valence-electron chi connectivity index (χ0n) is 87.6. The molecule has 0 aliphatic carbocycles. The van der Waals surface area contributed by atoms with E-state index in [-0.39, 0.29) is 90.6 Å². The largest absolute Gasteiger partial charge is 0.390 e. The van der Waals surface area contributed by atoms with Crippen molar-refractivity contribution in [2.45, 2.75) is 627 Å². The Kier molecular flexibility index (Phi) is 80.7. The topological polar surface area (TPSA) is 387 Å². The number of nitrogens with one attached hydrogen (secondary N) is 2. The highest BCUT2D eigenvalue weighted by Crippen LogP contribution is 2.29. The first-order chi connectivity index (χ1) is 67.0. The number of carbonyl (C=O) groups excluding carboxylic acids is 2. The third kappa shape index (κ3) is 64.9. The van der Waals surface area contributed by atoms with Crippen molar-refractivity contribution < 1.29 is 93.8 Å². The van der Waals surface area contributed by atoms with Crippen LogP contribution in [0.5, 0.6) is 0 Å². The van der Waals surface area contributed by atoms with E-state index in [9.17, 15) is 60.7 Å². The molecule has 2 saturated heterocycles. The van der Waals surface area contributed by atoms with Crippen molar-refractivity contribution in [3.8, 4) is 0 Å². The van der Waals surface area contributed by atoms with Gasteiger partial charge in [0, 0.05) is 12.8 Å². The summed E-state index contributed by atoms with van der Waals surface area (Å²) in [7, 11) is 0. The quantitative estimate of drug-likeness (QED) is 0.0274. The number of hydrogen-bond acceptors (Lipinski definition) is 23. The molecular weight excluding hydrogens is 1740 g/mol. The first-order valence-corrected chi connectivity index (χ1v) is 57.5. The number of unbranched alkanes of at least 4 members (excludes halogenated alkanes) is 66. The molecule has 2 fully saturated rings. The fourth-order valence-electron chi connectivity index (χ4n) is 19.3. The Balaban J connectivity index is 1.16. The zero-order chi connectivity index (χ0) is 98.7. The van der Waals surface area contributed by atoms with Crippen LogP contribution in [0.2, 0.25) is 0 Å². The highest BCUT2D eigenvalue weighted by Gasteiger charge is 2.47. The number of amides is 2. The smallest absolute Gasteiger partial charge is 0.220 e. The van der Waals surface area contributed by atoms with E-state index in [2.05, 4.69) is 59.0 Å². The third-order valence-electron chi connectivity index (χ3n) is 28.4. The maximum absolute atomic E-state index is 13.6. The first-order valence-electron chi connectivity index (χ1n) is 57.5. The van der Waals surface area contributed by atoms with Crippen molar-refractivity contribution in [3.63, 3.8) is 0 Å². The van der Waals surface area contributed by atoms with E-state index in [0.29, 0.717) is 49.9 Å². The summed E-state index contributed by atoms with van der Waals surface area (Å²) in [5.74, 6) is -0.569. The molecule has 2 aliphatic rings. The lowest BCUT2D eigenvalue weighted by Crippen LogP contribution is -2.60. The van der Waals surface area contributed by atoms with Gasteiger partial charge < -0.3 is 94.9 Å². The summed E-state index contributed by atoms with van der Waals surface area (Å²) in [6.07, 6.45) is 71.1. The van der Waals surface area contributed by atoms with Crippen LogP contribution in [0.25, 0.3) is 0 Å². The molecule has 0 saturated carbocycles. The Morgan fingerprint density at radius 2 is 0.526 bits per heavy atom. The van der Waals surface area contributed by atoms with E-state index in [1.165, 1.54) is 356 Å². The molecule has 0 unspecified atom stereocenters. The summed E-state index contributed by atoms with van der Waals surface area (Å²) in [5, 5.41) is 135. The molecule has 16 atom stereocenters. The fraction of sp³-hybridized carbons (Fsp3) is 0.945. The van der Waals surface area contributed by atoms with Gasteiger partial charge in [0.25, 0.3) is 0 Å². The molecule has 0 bridgehead atoms. The van der Waals surface area contributed by atoms with Gasteiger partial charge in [-0.15, -0.1) is 10.2 Å². The van der Waals surface area contributed by atoms with E-state index in [1.54, 1.807) is 12.4 Å². The minimum Gasteiger partial charge on any atom is -0.390 e. The van der Waals surface area contributed by atoms with E-state index in [0.717, 1.165) is 77.0 Å². The van der Waals surface area contributed by atoms with Gasteiger partial charge in [0.2, 0.25) is 11.8 Å². The summed E-state index contributed by atoms with van der Waals surface area (Å²) >= 11 is 0. The second-order valence-corrected chi connectivity index (χ2v) is 41.2. The van der Waals surface area contributed by atoms with Gasteiger partial charge in [-0.05, 0) is 25.7 Å². The molecule has 0 radical (unpaired) electrons. The fourth-order valence-corrected chi connectivity index (χ4v) is 19.3. The van der Waals surface area contributed by atoms with Gasteiger partial charge in [-0.3, -0.25) is 9.59 Å². The van der Waals surface area contributed by atoms with Crippen LogP contribution in [-0.4, -0.2) is 230 Å². The van der Waals surface area contributed by atoms with Crippen molar-refractivity contribution in [3.05, 3.63) is 23.8 Å². The van der Waals surface area contributed by atoms with Gasteiger partial charge in [-0.2, -0.15) is 0 Å². The molecule has 2 aliphatic heterocycles. The van der Waals surface area contributed by atoms with Crippen molar-refractivity contribution >= 4 is 11.8 Å².